The van der Waals surface area contributed by atoms with E-state index in [1.165, 1.54) is 68.6 Å². The molecule has 14 atom stereocenters. The van der Waals surface area contributed by atoms with Gasteiger partial charge < -0.3 is 66.1 Å². The molecule has 0 unspecified atom stereocenters. The topological polar surface area (TPSA) is 364 Å². The molecule has 8 aliphatic rings. The van der Waals surface area contributed by atoms with Gasteiger partial charge in [0.1, 0.15) is 35.2 Å². The molecule has 6 aliphatic carbocycles. The summed E-state index contributed by atoms with van der Waals surface area (Å²) in [7, 11) is -2.42. The Morgan fingerprint density at radius 1 is 0.513 bits per heavy atom. The number of amides is 5. The summed E-state index contributed by atoms with van der Waals surface area (Å²) >= 11 is 7.39. The zero-order valence-electron chi connectivity index (χ0n) is 64.5. The molecule has 4 bridgehead atoms. The third kappa shape index (κ3) is 28.1. The number of aromatic nitrogens is 6. The molecule has 5 heterocycles. The van der Waals surface area contributed by atoms with Crippen molar-refractivity contribution in [3.8, 4) is 0 Å². The smallest absolute Gasteiger partial charge is 0 e. The van der Waals surface area contributed by atoms with E-state index in [1.807, 2.05) is 105 Å². The summed E-state index contributed by atoms with van der Waals surface area (Å²) < 4.78 is 25.8. The summed E-state index contributed by atoms with van der Waals surface area (Å²) in [5.41, 5.74) is 9.43. The predicted octanol–water partition coefficient (Wildman–Crippen LogP) is 12.1. The number of nitrogens with one attached hydrogen (secondary N) is 5. The summed E-state index contributed by atoms with van der Waals surface area (Å²) in [4.78, 5) is 98.3. The Kier molecular flexibility index (Phi) is 41.2. The Morgan fingerprint density at radius 3 is 1.18 bits per heavy atom. The van der Waals surface area contributed by atoms with Crippen LogP contribution in [0.4, 0.5) is 0 Å². The maximum atomic E-state index is 13.8. The van der Waals surface area contributed by atoms with Crippen LogP contribution >= 0.6 is 59.9 Å². The molecule has 25 nitrogen and oxygen atoms in total. The molecule has 3 aromatic heterocycles. The number of hydrogen-bond acceptors (Lipinski definition) is 19. The van der Waals surface area contributed by atoms with Crippen molar-refractivity contribution in [2.45, 2.75) is 229 Å². The number of rotatable bonds is 26. The van der Waals surface area contributed by atoms with Crippen LogP contribution in [0.5, 0.6) is 0 Å². The van der Waals surface area contributed by atoms with Gasteiger partial charge >= 0.3 is 92.2 Å². The van der Waals surface area contributed by atoms with E-state index in [1.54, 1.807) is 0 Å². The van der Waals surface area contributed by atoms with Crippen LogP contribution in [-0.4, -0.2) is 161 Å². The molecular formula is C80H117B3I3N12O13V2. The van der Waals surface area contributed by atoms with Crippen LogP contribution < -0.4 is 32.3 Å². The molecule has 615 valence electrons. The number of carboxylic acids is 1. The number of hydrogen-bond donors (Lipinski definition) is 9. The Morgan fingerprint density at radius 2 is 0.850 bits per heavy atom. The van der Waals surface area contributed by atoms with Crippen molar-refractivity contribution in [1.82, 2.24) is 56.5 Å². The summed E-state index contributed by atoms with van der Waals surface area (Å²) in [6, 6.07) is 25.3. The van der Waals surface area contributed by atoms with Crippen LogP contribution in [-0.2, 0) is 75.7 Å². The second kappa shape index (κ2) is 46.4. The fourth-order valence-corrected chi connectivity index (χ4v) is 16.0. The van der Waals surface area contributed by atoms with Gasteiger partial charge in [0.15, 0.2) is 0 Å². The number of carboxylic acid groups (broad SMARTS) is 1. The van der Waals surface area contributed by atoms with E-state index in [2.05, 4.69) is 186 Å². The molecule has 33 heteroatoms. The molecule has 3 aromatic carbocycles. The van der Waals surface area contributed by atoms with Crippen LogP contribution in [0.1, 0.15) is 198 Å². The van der Waals surface area contributed by atoms with Gasteiger partial charge in [-0.2, -0.15) is 0 Å². The first kappa shape index (κ1) is 100. The second-order valence-electron chi connectivity index (χ2n) is 31.8. The largest absolute Gasteiger partial charge is 0 e. The van der Waals surface area contributed by atoms with Gasteiger partial charge in [-0.15, -0.1) is 0 Å². The van der Waals surface area contributed by atoms with Crippen molar-refractivity contribution in [3.05, 3.63) is 181 Å². The second-order valence-corrected chi connectivity index (χ2v) is 67.2. The first-order chi connectivity index (χ1) is 51.6. The number of nitrogens with zero attached hydrogens (tertiary/aromatic N) is 6. The SMILES string of the molecule is C.C.C.CC(C)C[C@H](N)B1O[C@@H]2C[C@@H]3C[C@@H](C3(C)C)[C@]2(C)O1.CC(C)C[C@H](NC(=O)[C@H](Cc1ccccc1)NC(=O)c1cnccn1)B(O)O.CC(C)C[C@H](NC(=O)[C@H](Cc1ccccc1)NC(=O)c1cnccn1)B1O[C@@H]2C[C@@H]3C[C@@H](C3(C)C)[C@]2(C)O1.O=C(N[C@@H](Cc1ccccc1)C(=O)O)c1cnccn1.[I][V]([I])[I].[V]. The first-order valence-electron chi connectivity index (χ1n) is 37.3. The molecule has 2 saturated heterocycles. The third-order valence-electron chi connectivity index (χ3n) is 21.9. The van der Waals surface area contributed by atoms with E-state index in [4.69, 9.17) is 24.4 Å². The number of nitrogens with two attached hydrogens (primary N) is 1. The summed E-state index contributed by atoms with van der Waals surface area (Å²) in [5, 5.41) is 42.2. The van der Waals surface area contributed by atoms with Gasteiger partial charge in [0.05, 0.1) is 53.9 Å². The van der Waals surface area contributed by atoms with Crippen molar-refractivity contribution in [2.75, 3.05) is 0 Å². The number of aliphatic carboxylic acids is 1. The zero-order chi connectivity index (χ0) is 79.5. The van der Waals surface area contributed by atoms with E-state index in [0.717, 1.165) is 41.9 Å². The van der Waals surface area contributed by atoms with E-state index < -0.39 is 67.9 Å². The average Bonchev–Trinajstić information content (AvgIpc) is 1.62. The number of benzene rings is 3. The quantitative estimate of drug-likeness (QED) is 0.0180. The molecule has 2 aliphatic heterocycles. The molecule has 1 radical (unpaired) electrons. The van der Waals surface area contributed by atoms with Gasteiger partial charge in [-0.3, -0.25) is 38.9 Å². The van der Waals surface area contributed by atoms with Crippen LogP contribution in [0.15, 0.2) is 147 Å². The Balaban J connectivity index is 0.000000320. The summed E-state index contributed by atoms with van der Waals surface area (Å²) in [6.45, 7) is 26.4. The average molecular weight is 1970 g/mol. The molecule has 10 N–H and O–H groups in total. The summed E-state index contributed by atoms with van der Waals surface area (Å²) in [6.07, 6.45) is 20.4. The maximum Gasteiger partial charge on any atom is 0 e. The number of carbonyl (C=O) groups excluding carboxylic acids is 5. The summed E-state index contributed by atoms with van der Waals surface area (Å²) in [5.74, 6) is -0.989. The minimum absolute atomic E-state index is 0. The molecule has 5 amide bonds. The van der Waals surface area contributed by atoms with E-state index in [0.29, 0.717) is 54.3 Å². The van der Waals surface area contributed by atoms with Gasteiger partial charge in [-0.05, 0) is 128 Å². The van der Waals surface area contributed by atoms with Crippen molar-refractivity contribution in [1.29, 1.82) is 0 Å². The van der Waals surface area contributed by atoms with E-state index in [-0.39, 0.29) is 135 Å². The minimum Gasteiger partial charge on any atom is 0 e. The third-order valence-corrected chi connectivity index (χ3v) is 21.9. The normalized spacial score (nSPS) is 22.8. The van der Waals surface area contributed by atoms with Gasteiger partial charge in [-0.25, -0.2) is 19.7 Å². The van der Waals surface area contributed by atoms with Crippen molar-refractivity contribution >= 4 is 117 Å². The molecule has 6 saturated carbocycles. The zero-order valence-corrected chi connectivity index (χ0v) is 73.8. The Hall–Kier alpha value is -5.01. The fraction of sp³-hybridized carbons (Fsp3) is 0.550. The first-order valence-corrected chi connectivity index (χ1v) is 50.8. The van der Waals surface area contributed by atoms with Gasteiger partial charge in [0.2, 0.25) is 11.8 Å². The Labute approximate surface area is 720 Å². The molecule has 113 heavy (non-hydrogen) atoms. The van der Waals surface area contributed by atoms with E-state index in [9.17, 15) is 43.9 Å². The van der Waals surface area contributed by atoms with Crippen LogP contribution in [0.3, 0.4) is 0 Å². The van der Waals surface area contributed by atoms with Crippen LogP contribution in [0, 0.1) is 52.3 Å². The monoisotopic (exact) mass is 1970 g/mol. The van der Waals surface area contributed by atoms with Crippen molar-refractivity contribution in [3.63, 3.8) is 0 Å². The van der Waals surface area contributed by atoms with Gasteiger partial charge in [-0.1, -0.05) is 183 Å². The van der Waals surface area contributed by atoms with E-state index >= 15 is 0 Å². The molecule has 8 fully saturated rings. The molecule has 14 rings (SSSR count). The predicted molar refractivity (Wildman–Crippen MR) is 461 cm³/mol. The van der Waals surface area contributed by atoms with Crippen molar-refractivity contribution in [2.24, 2.45) is 58.0 Å². The van der Waals surface area contributed by atoms with Gasteiger partial charge in [0.25, 0.3) is 17.7 Å². The Bertz CT molecular complexity index is 3900. The van der Waals surface area contributed by atoms with Crippen LogP contribution in [0.2, 0.25) is 0 Å². The molecule has 6 aromatic rings. The number of carbonyl (C=O) groups is 6. The minimum atomic E-state index is -1.69. The number of halogens is 3. The molecule has 0 spiro atoms. The maximum absolute atomic E-state index is 13.8. The van der Waals surface area contributed by atoms with Crippen LogP contribution in [0.25, 0.3) is 0 Å². The standard InChI is InChI=1S/C29H39BN4O4.C19H25BN4O4.C15H28BNO2.C14H13N3O3.3CH4.3HI.2V/c1-18(2)13-25(30-37-24-16-20-15-23(28(20,3)4)29(24,5)38-30)34-26(35)21(14-19-9-7-6-8-10-19)33-27(36)22-17-31-11-12-32-22;1-13(2)10-17(20(27)28)24-18(25)15(11-14-6-4-3-5-7-14)23-19(26)16-12-21-8-9-22-16;1-9(2)6-13(17)16-18-12-8-10-7-11(14(10,3)4)15(12,5)19-16;18-13(12-9-15-6-7-16-12)17-11(14(19)20)8-10-4-2-1-3-5-10;;;;;;;;/h6-12,17-18,20-21,23-25H,13-16H2,1-5H3,(H,33,36)(H,34,35);3-9,12-13,15,17,27-28H,10-11H2,1-2H3,(H,23,26)(H,24,25);9-13H,6-8,17H2,1-5H3;1-7,9,11H,8H2,(H,17,18)(H,19,20);3*1H4;3*1H;;/q;;;;;;;;;;;+3/p-3/t20-,21-,23-,24+,25-,29-;15-,17-;10-,11-,12+,13-,15-;11-;;;;;;;;/m0000......../s1. The molecular weight excluding hydrogens is 1850 g/mol. The van der Waals surface area contributed by atoms with Gasteiger partial charge in [0, 0.05) is 80.9 Å². The fourth-order valence-electron chi connectivity index (χ4n) is 16.0. The van der Waals surface area contributed by atoms with Crippen molar-refractivity contribution < 1.29 is 86.0 Å².